The van der Waals surface area contributed by atoms with Gasteiger partial charge < -0.3 is 16.4 Å². The van der Waals surface area contributed by atoms with Gasteiger partial charge in [-0.25, -0.2) is 4.79 Å². The molecule has 0 aliphatic heterocycles. The summed E-state index contributed by atoms with van der Waals surface area (Å²) in [6.07, 6.45) is 0. The second-order valence-electron chi connectivity index (χ2n) is 2.93. The summed E-state index contributed by atoms with van der Waals surface area (Å²) in [5.74, 6) is -0.132. The summed E-state index contributed by atoms with van der Waals surface area (Å²) in [4.78, 5) is 11.3. The molecule has 7 heteroatoms. The van der Waals surface area contributed by atoms with E-state index in [0.717, 1.165) is 0 Å². The number of halogens is 2. The van der Waals surface area contributed by atoms with Crippen LogP contribution in [-0.2, 0) is 0 Å². The van der Waals surface area contributed by atoms with Gasteiger partial charge in [-0.2, -0.15) is 0 Å². The monoisotopic (exact) mass is 260 g/mol. The van der Waals surface area contributed by atoms with E-state index in [1.165, 1.54) is 0 Å². The van der Waals surface area contributed by atoms with Gasteiger partial charge in [0.2, 0.25) is 0 Å². The van der Waals surface area contributed by atoms with Crippen molar-refractivity contribution in [3.63, 3.8) is 0 Å². The van der Waals surface area contributed by atoms with Crippen molar-refractivity contribution in [1.82, 2.24) is 5.32 Å². The third kappa shape index (κ3) is 3.60. The van der Waals surface area contributed by atoms with E-state index in [2.05, 4.69) is 10.6 Å². The topological polar surface area (TPSA) is 91.0 Å². The van der Waals surface area contributed by atoms with Gasteiger partial charge in [-0.15, -0.1) is 0 Å². The number of nitrogens with two attached hydrogens (primary N) is 1. The Morgan fingerprint density at radius 3 is 2.75 bits per heavy atom. The Morgan fingerprint density at radius 2 is 2.12 bits per heavy atom. The number of hydrogen-bond donors (Lipinski definition) is 4. The lowest BCUT2D eigenvalue weighted by Gasteiger charge is -2.08. The molecule has 1 rings (SSSR count). The van der Waals surface area contributed by atoms with Gasteiger partial charge in [0.25, 0.3) is 0 Å². The standard InChI is InChI=1S/C9H10Cl2N4O/c10-5-2-1-3-6(8(5)11)15-9(16)14-4-7(12)13/h1-3H,4H2,(H3,12,13)(H2,14,15,16). The highest BCUT2D eigenvalue weighted by Gasteiger charge is 2.07. The second-order valence-corrected chi connectivity index (χ2v) is 3.72. The Balaban J connectivity index is 2.63. The van der Waals surface area contributed by atoms with Crippen molar-refractivity contribution in [1.29, 1.82) is 5.41 Å². The zero-order valence-electron chi connectivity index (χ0n) is 8.18. The van der Waals surface area contributed by atoms with Crippen LogP contribution < -0.4 is 16.4 Å². The highest BCUT2D eigenvalue weighted by atomic mass is 35.5. The predicted molar refractivity (Wildman–Crippen MR) is 65.4 cm³/mol. The Labute approximate surface area is 102 Å². The van der Waals surface area contributed by atoms with E-state index in [9.17, 15) is 4.79 Å². The quantitative estimate of drug-likeness (QED) is 0.495. The molecule has 0 heterocycles. The number of carbonyl (C=O) groups is 1. The normalized spacial score (nSPS) is 9.62. The first-order chi connectivity index (χ1) is 7.50. The molecule has 0 aliphatic carbocycles. The molecule has 0 unspecified atom stereocenters. The number of anilines is 1. The van der Waals surface area contributed by atoms with Gasteiger partial charge in [-0.3, -0.25) is 5.41 Å². The van der Waals surface area contributed by atoms with Crippen molar-refractivity contribution in [3.05, 3.63) is 28.2 Å². The molecule has 0 aromatic heterocycles. The number of rotatable bonds is 3. The summed E-state index contributed by atoms with van der Waals surface area (Å²) in [5, 5.41) is 12.4. The molecular formula is C9H10Cl2N4O. The van der Waals surface area contributed by atoms with Crippen LogP contribution in [0.1, 0.15) is 0 Å². The Morgan fingerprint density at radius 1 is 1.44 bits per heavy atom. The summed E-state index contributed by atoms with van der Waals surface area (Å²) < 4.78 is 0. The molecule has 86 valence electrons. The minimum absolute atomic E-state index is 0.0238. The molecule has 0 saturated carbocycles. The van der Waals surface area contributed by atoms with Crippen LogP contribution in [0.25, 0.3) is 0 Å². The molecule has 2 amide bonds. The lowest BCUT2D eigenvalue weighted by Crippen LogP contribution is -2.35. The van der Waals surface area contributed by atoms with Crippen molar-refractivity contribution in [2.24, 2.45) is 5.73 Å². The van der Waals surface area contributed by atoms with Crippen molar-refractivity contribution in [2.75, 3.05) is 11.9 Å². The van der Waals surface area contributed by atoms with Crippen LogP contribution >= 0.6 is 23.2 Å². The van der Waals surface area contributed by atoms with Crippen molar-refractivity contribution in [2.45, 2.75) is 0 Å². The van der Waals surface area contributed by atoms with E-state index in [1.54, 1.807) is 18.2 Å². The van der Waals surface area contributed by atoms with E-state index >= 15 is 0 Å². The lowest BCUT2D eigenvalue weighted by molar-refractivity contribution is 0.253. The molecule has 0 radical (unpaired) electrons. The molecule has 5 nitrogen and oxygen atoms in total. The third-order valence-corrected chi connectivity index (χ3v) is 2.46. The zero-order chi connectivity index (χ0) is 12.1. The average molecular weight is 261 g/mol. The molecule has 1 aromatic rings. The van der Waals surface area contributed by atoms with Crippen LogP contribution in [0, 0.1) is 5.41 Å². The molecule has 0 bridgehead atoms. The molecule has 0 spiro atoms. The lowest BCUT2D eigenvalue weighted by atomic mass is 10.3. The van der Waals surface area contributed by atoms with Crippen LogP contribution in [0.5, 0.6) is 0 Å². The van der Waals surface area contributed by atoms with Gasteiger partial charge in [0.05, 0.1) is 22.3 Å². The van der Waals surface area contributed by atoms with Crippen LogP contribution in [-0.4, -0.2) is 18.4 Å². The Kier molecular flexibility index (Phi) is 4.39. The molecule has 0 atom stereocenters. The molecule has 5 N–H and O–H groups in total. The molecule has 0 aliphatic rings. The number of urea groups is 1. The minimum atomic E-state index is -0.501. The first-order valence-electron chi connectivity index (χ1n) is 4.32. The Hall–Kier alpha value is -1.46. The summed E-state index contributed by atoms with van der Waals surface area (Å²) in [7, 11) is 0. The van der Waals surface area contributed by atoms with Crippen molar-refractivity contribution < 1.29 is 4.79 Å². The Bertz CT molecular complexity index is 422. The number of hydrogen-bond acceptors (Lipinski definition) is 2. The third-order valence-electron chi connectivity index (χ3n) is 1.64. The fourth-order valence-electron chi connectivity index (χ4n) is 0.942. The van der Waals surface area contributed by atoms with Crippen LogP contribution in [0.3, 0.4) is 0 Å². The van der Waals surface area contributed by atoms with Gasteiger partial charge in [0.1, 0.15) is 5.84 Å². The number of amides is 2. The van der Waals surface area contributed by atoms with Gasteiger partial charge in [0.15, 0.2) is 0 Å². The number of carbonyl (C=O) groups excluding carboxylic acids is 1. The summed E-state index contributed by atoms with van der Waals surface area (Å²) >= 11 is 11.6. The number of nitrogens with one attached hydrogen (secondary N) is 3. The van der Waals surface area contributed by atoms with Gasteiger partial charge in [-0.05, 0) is 12.1 Å². The molecular weight excluding hydrogens is 251 g/mol. The number of amidine groups is 1. The van der Waals surface area contributed by atoms with E-state index in [-0.39, 0.29) is 17.4 Å². The zero-order valence-corrected chi connectivity index (χ0v) is 9.69. The van der Waals surface area contributed by atoms with Gasteiger partial charge >= 0.3 is 6.03 Å². The highest BCUT2D eigenvalue weighted by Crippen LogP contribution is 2.29. The van der Waals surface area contributed by atoms with E-state index in [1.807, 2.05) is 0 Å². The summed E-state index contributed by atoms with van der Waals surface area (Å²) in [6, 6.07) is 4.39. The van der Waals surface area contributed by atoms with Crippen LogP contribution in [0.2, 0.25) is 10.0 Å². The smallest absolute Gasteiger partial charge is 0.319 e. The first kappa shape index (κ1) is 12.6. The minimum Gasteiger partial charge on any atom is -0.386 e. The molecule has 0 saturated heterocycles. The number of benzene rings is 1. The van der Waals surface area contributed by atoms with E-state index in [0.29, 0.717) is 10.7 Å². The van der Waals surface area contributed by atoms with Gasteiger partial charge in [-0.1, -0.05) is 29.3 Å². The SMILES string of the molecule is N=C(N)CNC(=O)Nc1cccc(Cl)c1Cl. The maximum atomic E-state index is 11.3. The summed E-state index contributed by atoms with van der Waals surface area (Å²) in [6.45, 7) is -0.0238. The molecule has 16 heavy (non-hydrogen) atoms. The van der Waals surface area contributed by atoms with Crippen molar-refractivity contribution >= 4 is 40.8 Å². The fraction of sp³-hybridized carbons (Fsp3) is 0.111. The second kappa shape index (κ2) is 5.58. The first-order valence-corrected chi connectivity index (χ1v) is 5.08. The van der Waals surface area contributed by atoms with Crippen LogP contribution in [0.4, 0.5) is 10.5 Å². The highest BCUT2D eigenvalue weighted by molar-refractivity contribution is 6.43. The predicted octanol–water partition coefficient (Wildman–Crippen LogP) is 2.05. The van der Waals surface area contributed by atoms with Crippen molar-refractivity contribution in [3.8, 4) is 0 Å². The summed E-state index contributed by atoms with van der Waals surface area (Å²) in [5.41, 5.74) is 5.48. The largest absolute Gasteiger partial charge is 0.386 e. The van der Waals surface area contributed by atoms with E-state index < -0.39 is 6.03 Å². The van der Waals surface area contributed by atoms with E-state index in [4.69, 9.17) is 34.3 Å². The van der Waals surface area contributed by atoms with Gasteiger partial charge in [0, 0.05) is 0 Å². The fourth-order valence-corrected chi connectivity index (χ4v) is 1.29. The molecule has 1 aromatic carbocycles. The molecule has 0 fully saturated rings. The average Bonchev–Trinajstić information content (AvgIpc) is 2.22. The van der Waals surface area contributed by atoms with Crippen LogP contribution in [0.15, 0.2) is 18.2 Å². The maximum absolute atomic E-state index is 11.3. The maximum Gasteiger partial charge on any atom is 0.319 e.